The van der Waals surface area contributed by atoms with Crippen LogP contribution in [0.5, 0.6) is 11.5 Å². The number of benzene rings is 4. The van der Waals surface area contributed by atoms with Crippen LogP contribution in [0.4, 0.5) is 0 Å². The molecule has 0 aliphatic heterocycles. The number of aromatic hydroxyl groups is 1. The van der Waals surface area contributed by atoms with Gasteiger partial charge in [0.15, 0.2) is 5.78 Å². The van der Waals surface area contributed by atoms with Crippen LogP contribution in [0.3, 0.4) is 0 Å². The number of phenols is 1. The zero-order valence-corrected chi connectivity index (χ0v) is 22.7. The van der Waals surface area contributed by atoms with Gasteiger partial charge in [0, 0.05) is 34.1 Å². The monoisotopic (exact) mass is 617 g/mol. The quantitative estimate of drug-likeness (QED) is 0.147. The van der Waals surface area contributed by atoms with Gasteiger partial charge in [-0.15, -0.1) is 0 Å². The van der Waals surface area contributed by atoms with Gasteiger partial charge in [0.1, 0.15) is 23.7 Å². The highest BCUT2D eigenvalue weighted by molar-refractivity contribution is 14.1. The number of rotatable bonds is 8. The van der Waals surface area contributed by atoms with E-state index < -0.39 is 5.97 Å². The van der Waals surface area contributed by atoms with Crippen LogP contribution in [0.25, 0.3) is 22.2 Å². The van der Waals surface area contributed by atoms with E-state index >= 15 is 0 Å². The van der Waals surface area contributed by atoms with Crippen molar-refractivity contribution in [2.75, 3.05) is 0 Å². The number of carbonyl (C=O) groups is 2. The number of hydrogen-bond acceptors (Lipinski definition) is 4. The molecule has 5 aromatic rings. The van der Waals surface area contributed by atoms with E-state index in [1.165, 1.54) is 12.1 Å². The lowest BCUT2D eigenvalue weighted by atomic mass is 10.0. The Kier molecular flexibility index (Phi) is 7.20. The van der Waals surface area contributed by atoms with Crippen molar-refractivity contribution in [2.24, 2.45) is 7.05 Å². The van der Waals surface area contributed by atoms with Crippen molar-refractivity contribution in [3.05, 3.63) is 117 Å². The highest BCUT2D eigenvalue weighted by Crippen LogP contribution is 2.37. The molecule has 0 atom stereocenters. The molecule has 0 bridgehead atoms. The number of ether oxygens (including phenoxy) is 1. The Morgan fingerprint density at radius 1 is 0.895 bits per heavy atom. The molecule has 0 aliphatic rings. The number of carbonyl (C=O) groups excluding carboxylic acids is 1. The maximum atomic E-state index is 13.0. The minimum atomic E-state index is -1.18. The van der Waals surface area contributed by atoms with Crippen LogP contribution in [0, 0.1) is 3.57 Å². The first-order valence-corrected chi connectivity index (χ1v) is 13.0. The maximum Gasteiger partial charge on any atom is 0.339 e. The Morgan fingerprint density at radius 3 is 2.32 bits per heavy atom. The highest BCUT2D eigenvalue weighted by atomic mass is 127. The molecule has 38 heavy (non-hydrogen) atoms. The van der Waals surface area contributed by atoms with E-state index in [0.29, 0.717) is 12.2 Å². The van der Waals surface area contributed by atoms with Gasteiger partial charge in [-0.3, -0.25) is 4.79 Å². The predicted octanol–water partition coefficient (Wildman–Crippen LogP) is 6.86. The molecule has 0 radical (unpaired) electrons. The lowest BCUT2D eigenvalue weighted by Gasteiger charge is -2.09. The van der Waals surface area contributed by atoms with Gasteiger partial charge in [-0.25, -0.2) is 4.79 Å². The third-order valence-electron chi connectivity index (χ3n) is 6.48. The lowest BCUT2D eigenvalue weighted by Crippen LogP contribution is -2.04. The summed E-state index contributed by atoms with van der Waals surface area (Å²) in [5, 5.41) is 20.3. The van der Waals surface area contributed by atoms with E-state index in [1.54, 1.807) is 12.1 Å². The third-order valence-corrected chi connectivity index (χ3v) is 7.57. The third kappa shape index (κ3) is 5.15. The Bertz CT molecular complexity index is 1660. The molecule has 0 saturated heterocycles. The SMILES string of the molecule is Cn1c(-c2ccc(C(=O)Cc3cccc(OCc4ccccc4)c3)cc2)c(I)c2cc(C(=O)O)c(O)cc21. The predicted molar refractivity (Wildman–Crippen MR) is 155 cm³/mol. The number of aryl methyl sites for hydroxylation is 1. The van der Waals surface area contributed by atoms with Gasteiger partial charge in [-0.2, -0.15) is 0 Å². The fraction of sp³-hybridized carbons (Fsp3) is 0.0968. The van der Waals surface area contributed by atoms with Crippen LogP contribution in [-0.2, 0) is 20.1 Å². The summed E-state index contributed by atoms with van der Waals surface area (Å²) in [6, 6.07) is 27.9. The van der Waals surface area contributed by atoms with Gasteiger partial charge in [-0.05, 0) is 57.5 Å². The minimum Gasteiger partial charge on any atom is -0.507 e. The van der Waals surface area contributed by atoms with Gasteiger partial charge in [-0.1, -0.05) is 66.7 Å². The average Bonchev–Trinajstić information content (AvgIpc) is 3.16. The van der Waals surface area contributed by atoms with E-state index in [-0.39, 0.29) is 23.5 Å². The van der Waals surface area contributed by atoms with Crippen molar-refractivity contribution in [1.29, 1.82) is 0 Å². The molecule has 7 heteroatoms. The number of fused-ring (bicyclic) bond motifs is 1. The summed E-state index contributed by atoms with van der Waals surface area (Å²) in [4.78, 5) is 24.5. The molecule has 0 unspecified atom stereocenters. The van der Waals surface area contributed by atoms with Crippen molar-refractivity contribution in [3.8, 4) is 22.8 Å². The zero-order chi connectivity index (χ0) is 26.8. The minimum absolute atomic E-state index is 0.000444. The molecule has 6 nitrogen and oxygen atoms in total. The Labute approximate surface area is 233 Å². The summed E-state index contributed by atoms with van der Waals surface area (Å²) >= 11 is 2.19. The molecule has 0 aliphatic carbocycles. The van der Waals surface area contributed by atoms with Crippen molar-refractivity contribution in [3.63, 3.8) is 0 Å². The van der Waals surface area contributed by atoms with Gasteiger partial charge in [0.05, 0.1) is 11.2 Å². The first-order chi connectivity index (χ1) is 18.3. The number of carboxylic acids is 1. The topological polar surface area (TPSA) is 88.8 Å². The van der Waals surface area contributed by atoms with Crippen molar-refractivity contribution >= 4 is 45.2 Å². The Balaban J connectivity index is 1.34. The second kappa shape index (κ2) is 10.7. The zero-order valence-electron chi connectivity index (χ0n) is 20.5. The van der Waals surface area contributed by atoms with E-state index in [1.807, 2.05) is 78.3 Å². The average molecular weight is 617 g/mol. The fourth-order valence-electron chi connectivity index (χ4n) is 4.51. The second-order valence-electron chi connectivity index (χ2n) is 9.01. The second-order valence-corrected chi connectivity index (χ2v) is 10.1. The molecule has 4 aromatic carbocycles. The van der Waals surface area contributed by atoms with Crippen molar-refractivity contribution < 1.29 is 24.5 Å². The number of Topliss-reactive ketones (excluding diaryl/α,β-unsaturated/α-hetero) is 1. The number of aromatic carboxylic acids is 1. The summed E-state index contributed by atoms with van der Waals surface area (Å²) < 4.78 is 8.68. The van der Waals surface area contributed by atoms with Crippen molar-refractivity contribution in [1.82, 2.24) is 4.57 Å². The van der Waals surface area contributed by atoms with E-state index in [4.69, 9.17) is 4.74 Å². The first-order valence-electron chi connectivity index (χ1n) is 12.0. The van der Waals surface area contributed by atoms with Crippen LogP contribution in [0.15, 0.2) is 91.0 Å². The van der Waals surface area contributed by atoms with E-state index in [2.05, 4.69) is 22.6 Å². The largest absolute Gasteiger partial charge is 0.507 e. The summed E-state index contributed by atoms with van der Waals surface area (Å²) in [7, 11) is 1.87. The fourth-order valence-corrected chi connectivity index (χ4v) is 5.61. The van der Waals surface area contributed by atoms with Gasteiger partial charge >= 0.3 is 5.97 Å². The molecule has 0 amide bonds. The summed E-state index contributed by atoms with van der Waals surface area (Å²) in [6.45, 7) is 0.462. The number of ketones is 1. The van der Waals surface area contributed by atoms with Crippen LogP contribution < -0.4 is 4.74 Å². The molecule has 1 aromatic heterocycles. The van der Waals surface area contributed by atoms with Gasteiger partial charge in [0.25, 0.3) is 0 Å². The lowest BCUT2D eigenvalue weighted by molar-refractivity contribution is 0.0693. The van der Waals surface area contributed by atoms with Crippen LogP contribution in [0.1, 0.15) is 31.8 Å². The molecular formula is C31H24INO5. The molecule has 2 N–H and O–H groups in total. The number of halogens is 1. The summed E-state index contributed by atoms with van der Waals surface area (Å²) in [6.07, 6.45) is 0.255. The summed E-state index contributed by atoms with van der Waals surface area (Å²) in [5.74, 6) is -0.734. The molecule has 1 heterocycles. The molecular weight excluding hydrogens is 593 g/mol. The molecule has 0 saturated carbocycles. The number of nitrogens with zero attached hydrogens (tertiary/aromatic N) is 1. The summed E-state index contributed by atoms with van der Waals surface area (Å²) in [5.41, 5.74) is 4.91. The van der Waals surface area contributed by atoms with Crippen LogP contribution in [0.2, 0.25) is 0 Å². The van der Waals surface area contributed by atoms with Crippen LogP contribution >= 0.6 is 22.6 Å². The number of hydrogen-bond donors (Lipinski definition) is 2. The normalized spacial score (nSPS) is 11.0. The number of carboxylic acid groups (broad SMARTS) is 1. The number of aromatic nitrogens is 1. The molecule has 0 fully saturated rings. The van der Waals surface area contributed by atoms with E-state index in [9.17, 15) is 19.8 Å². The van der Waals surface area contributed by atoms with Crippen LogP contribution in [-0.4, -0.2) is 26.5 Å². The Hall–Kier alpha value is -4.11. The molecule has 0 spiro atoms. The van der Waals surface area contributed by atoms with Gasteiger partial charge < -0.3 is 19.5 Å². The molecule has 5 rings (SSSR count). The maximum absolute atomic E-state index is 13.0. The smallest absolute Gasteiger partial charge is 0.339 e. The standard InChI is InChI=1S/C31H24INO5/c1-33-26-17-28(35)25(31(36)37)16-24(26)29(32)30(33)22-12-10-21(11-13-22)27(34)15-20-8-5-9-23(14-20)38-18-19-6-3-2-4-7-19/h2-14,16-17,35H,15,18H2,1H3,(H,36,37). The van der Waals surface area contributed by atoms with Gasteiger partial charge in [0.2, 0.25) is 0 Å². The highest BCUT2D eigenvalue weighted by Gasteiger charge is 2.20. The Morgan fingerprint density at radius 2 is 1.61 bits per heavy atom. The first kappa shape index (κ1) is 25.5. The van der Waals surface area contributed by atoms with E-state index in [0.717, 1.165) is 42.6 Å². The van der Waals surface area contributed by atoms with Crippen molar-refractivity contribution in [2.45, 2.75) is 13.0 Å². The molecule has 190 valence electrons.